The first kappa shape index (κ1) is 12.9. The number of amides is 1. The first-order chi connectivity index (χ1) is 8.08. The van der Waals surface area contributed by atoms with Crippen molar-refractivity contribution in [3.63, 3.8) is 0 Å². The van der Waals surface area contributed by atoms with Crippen LogP contribution in [0, 0.1) is 0 Å². The molecule has 5 heteroatoms. The van der Waals surface area contributed by atoms with E-state index in [1.165, 1.54) is 0 Å². The Balaban J connectivity index is 2.14. The lowest BCUT2D eigenvalue weighted by Crippen LogP contribution is -2.40. The van der Waals surface area contributed by atoms with Gasteiger partial charge in [0.1, 0.15) is 0 Å². The number of nitrogens with zero attached hydrogens (tertiary/aromatic N) is 1. The number of aliphatic hydroxyl groups excluding tert-OH is 1. The fourth-order valence-electron chi connectivity index (χ4n) is 1.90. The molecule has 0 spiro atoms. The molecule has 1 aromatic rings. The van der Waals surface area contributed by atoms with Crippen LogP contribution < -0.4 is 0 Å². The largest absolute Gasteiger partial charge is 0.393 e. The van der Waals surface area contributed by atoms with E-state index in [0.717, 1.165) is 0 Å². The summed E-state index contributed by atoms with van der Waals surface area (Å²) < 4.78 is 0.709. The van der Waals surface area contributed by atoms with Crippen LogP contribution in [0.3, 0.4) is 0 Å². The highest BCUT2D eigenvalue weighted by atomic mass is 79.9. The predicted molar refractivity (Wildman–Crippen MR) is 70.3 cm³/mol. The van der Waals surface area contributed by atoms with Crippen molar-refractivity contribution in [3.8, 4) is 0 Å². The lowest BCUT2D eigenvalue weighted by atomic mass is 10.1. The van der Waals surface area contributed by atoms with E-state index in [4.69, 9.17) is 11.6 Å². The zero-order valence-electron chi connectivity index (χ0n) is 9.20. The van der Waals surface area contributed by atoms with Crippen molar-refractivity contribution in [2.24, 2.45) is 0 Å². The van der Waals surface area contributed by atoms with Gasteiger partial charge < -0.3 is 10.0 Å². The Morgan fingerprint density at radius 1 is 1.41 bits per heavy atom. The molecule has 1 fully saturated rings. The lowest BCUT2D eigenvalue weighted by Gasteiger charge is -2.29. The highest BCUT2D eigenvalue weighted by Crippen LogP contribution is 2.24. The summed E-state index contributed by atoms with van der Waals surface area (Å²) in [6.45, 7) is 1.21. The molecule has 0 aliphatic carbocycles. The van der Waals surface area contributed by atoms with E-state index in [-0.39, 0.29) is 12.0 Å². The Hall–Kier alpha value is -0.580. The second-order valence-corrected chi connectivity index (χ2v) is 5.44. The quantitative estimate of drug-likeness (QED) is 0.865. The van der Waals surface area contributed by atoms with Crippen LogP contribution in [0.25, 0.3) is 0 Å². The smallest absolute Gasteiger partial charge is 0.255 e. The second kappa shape index (κ2) is 5.38. The first-order valence-corrected chi connectivity index (χ1v) is 6.67. The molecule has 0 aromatic heterocycles. The van der Waals surface area contributed by atoms with Crippen molar-refractivity contribution in [3.05, 3.63) is 33.3 Å². The summed E-state index contributed by atoms with van der Waals surface area (Å²) in [5.41, 5.74) is 0.616. The van der Waals surface area contributed by atoms with Gasteiger partial charge in [0.15, 0.2) is 0 Å². The molecule has 1 aromatic carbocycles. The van der Waals surface area contributed by atoms with Crippen LogP contribution in [-0.4, -0.2) is 35.1 Å². The number of benzene rings is 1. The van der Waals surface area contributed by atoms with Gasteiger partial charge in [0, 0.05) is 22.6 Å². The van der Waals surface area contributed by atoms with Crippen molar-refractivity contribution in [1.29, 1.82) is 0 Å². The SMILES string of the molecule is O=C(c1ccc(Cl)cc1Br)N1CCC(O)CC1. The number of hydrogen-bond acceptors (Lipinski definition) is 2. The number of hydrogen-bond donors (Lipinski definition) is 1. The number of rotatable bonds is 1. The summed E-state index contributed by atoms with van der Waals surface area (Å²) in [7, 11) is 0. The molecule has 1 aliphatic heterocycles. The Bertz CT molecular complexity index is 431. The van der Waals surface area contributed by atoms with E-state index < -0.39 is 0 Å². The average Bonchev–Trinajstić information content (AvgIpc) is 2.29. The van der Waals surface area contributed by atoms with Crippen molar-refractivity contribution in [1.82, 2.24) is 4.90 Å². The fourth-order valence-corrected chi connectivity index (χ4v) is 2.75. The third kappa shape index (κ3) is 3.00. The van der Waals surface area contributed by atoms with E-state index in [1.54, 1.807) is 23.1 Å². The predicted octanol–water partition coefficient (Wildman–Crippen LogP) is 2.70. The maximum atomic E-state index is 12.2. The van der Waals surface area contributed by atoms with Gasteiger partial charge in [0.05, 0.1) is 11.7 Å². The molecule has 3 nitrogen and oxygen atoms in total. The molecule has 92 valence electrons. The van der Waals surface area contributed by atoms with Gasteiger partial charge in [-0.3, -0.25) is 4.79 Å². The Morgan fingerprint density at radius 2 is 2.06 bits per heavy atom. The summed E-state index contributed by atoms with van der Waals surface area (Å²) >= 11 is 9.18. The number of carbonyl (C=O) groups is 1. The van der Waals surface area contributed by atoms with Gasteiger partial charge in [-0.25, -0.2) is 0 Å². The summed E-state index contributed by atoms with van der Waals surface area (Å²) in [6.07, 6.45) is 1.03. The molecule has 1 saturated heterocycles. The van der Waals surface area contributed by atoms with Crippen LogP contribution in [0.15, 0.2) is 22.7 Å². The van der Waals surface area contributed by atoms with Gasteiger partial charge in [-0.15, -0.1) is 0 Å². The molecule has 0 bridgehead atoms. The topological polar surface area (TPSA) is 40.5 Å². The normalized spacial score (nSPS) is 17.2. The molecule has 0 atom stereocenters. The standard InChI is InChI=1S/C12H13BrClNO2/c13-11-7-8(14)1-2-10(11)12(17)15-5-3-9(16)4-6-15/h1-2,7,9,16H,3-6H2. The minimum absolute atomic E-state index is 0.0135. The van der Waals surface area contributed by atoms with E-state index in [9.17, 15) is 9.90 Å². The van der Waals surface area contributed by atoms with E-state index >= 15 is 0 Å². The lowest BCUT2D eigenvalue weighted by molar-refractivity contribution is 0.0546. The third-order valence-corrected chi connectivity index (χ3v) is 3.80. The fraction of sp³-hybridized carbons (Fsp3) is 0.417. The van der Waals surface area contributed by atoms with E-state index in [0.29, 0.717) is 41.0 Å². The summed E-state index contributed by atoms with van der Waals surface area (Å²) in [5.74, 6) is -0.0135. The van der Waals surface area contributed by atoms with Crippen LogP contribution in [-0.2, 0) is 0 Å². The molecule has 1 amide bonds. The van der Waals surface area contributed by atoms with Gasteiger partial charge in [-0.1, -0.05) is 11.6 Å². The number of halogens is 2. The molecule has 0 radical (unpaired) electrons. The number of aliphatic hydroxyl groups is 1. The number of carbonyl (C=O) groups excluding carboxylic acids is 1. The third-order valence-electron chi connectivity index (χ3n) is 2.91. The molecular formula is C12H13BrClNO2. The van der Waals surface area contributed by atoms with Crippen molar-refractivity contribution in [2.45, 2.75) is 18.9 Å². The zero-order valence-corrected chi connectivity index (χ0v) is 11.5. The average molecular weight is 319 g/mol. The molecule has 17 heavy (non-hydrogen) atoms. The monoisotopic (exact) mass is 317 g/mol. The van der Waals surface area contributed by atoms with E-state index in [2.05, 4.69) is 15.9 Å². The molecule has 0 unspecified atom stereocenters. The second-order valence-electron chi connectivity index (χ2n) is 4.15. The Labute approximate surface area is 114 Å². The van der Waals surface area contributed by atoms with Crippen LogP contribution >= 0.6 is 27.5 Å². The zero-order chi connectivity index (χ0) is 12.4. The first-order valence-electron chi connectivity index (χ1n) is 5.50. The van der Waals surface area contributed by atoms with Gasteiger partial charge in [0.2, 0.25) is 0 Å². The molecule has 2 rings (SSSR count). The molecule has 0 saturated carbocycles. The Kier molecular flexibility index (Phi) is 4.07. The summed E-state index contributed by atoms with van der Waals surface area (Å²) in [5, 5.41) is 10.0. The van der Waals surface area contributed by atoms with Crippen molar-refractivity contribution in [2.75, 3.05) is 13.1 Å². The van der Waals surface area contributed by atoms with Crippen LogP contribution in [0.2, 0.25) is 5.02 Å². The van der Waals surface area contributed by atoms with Gasteiger partial charge in [-0.05, 0) is 47.0 Å². The van der Waals surface area contributed by atoms with Crippen LogP contribution in [0.1, 0.15) is 23.2 Å². The molecule has 1 N–H and O–H groups in total. The van der Waals surface area contributed by atoms with Crippen LogP contribution in [0.5, 0.6) is 0 Å². The maximum absolute atomic E-state index is 12.2. The van der Waals surface area contributed by atoms with E-state index in [1.807, 2.05) is 0 Å². The summed E-state index contributed by atoms with van der Waals surface area (Å²) in [4.78, 5) is 14.0. The van der Waals surface area contributed by atoms with Gasteiger partial charge >= 0.3 is 0 Å². The highest BCUT2D eigenvalue weighted by Gasteiger charge is 2.23. The minimum atomic E-state index is -0.271. The van der Waals surface area contributed by atoms with Crippen molar-refractivity contribution < 1.29 is 9.90 Å². The maximum Gasteiger partial charge on any atom is 0.255 e. The molecule has 1 aliphatic rings. The van der Waals surface area contributed by atoms with Crippen LogP contribution in [0.4, 0.5) is 0 Å². The summed E-state index contributed by atoms with van der Waals surface area (Å²) in [6, 6.07) is 5.14. The Morgan fingerprint density at radius 3 is 2.65 bits per heavy atom. The van der Waals surface area contributed by atoms with Gasteiger partial charge in [-0.2, -0.15) is 0 Å². The minimum Gasteiger partial charge on any atom is -0.393 e. The van der Waals surface area contributed by atoms with Gasteiger partial charge in [0.25, 0.3) is 5.91 Å². The van der Waals surface area contributed by atoms with Crippen molar-refractivity contribution >= 4 is 33.4 Å². The molecular weight excluding hydrogens is 305 g/mol. The molecule has 1 heterocycles. The highest BCUT2D eigenvalue weighted by molar-refractivity contribution is 9.10. The number of piperidine rings is 1. The number of likely N-dealkylation sites (tertiary alicyclic amines) is 1.